The predicted octanol–water partition coefficient (Wildman–Crippen LogP) is -0.476. The third-order valence-corrected chi connectivity index (χ3v) is 8.08. The van der Waals surface area contributed by atoms with E-state index in [2.05, 4.69) is 36.1 Å². The van der Waals surface area contributed by atoms with E-state index in [4.69, 9.17) is 4.74 Å². The highest BCUT2D eigenvalue weighted by atomic mass is 19.1. The summed E-state index contributed by atoms with van der Waals surface area (Å²) in [7, 11) is 12.7. The number of nitrogens with one attached hydrogen (secondary N) is 3. The van der Waals surface area contributed by atoms with Crippen molar-refractivity contribution in [3.8, 4) is 17.0 Å². The molecule has 17 heteroatoms. The van der Waals surface area contributed by atoms with E-state index in [0.717, 1.165) is 25.7 Å². The molecule has 2 aromatic heterocycles. The number of anilines is 3. The number of halogens is 1. The molecule has 46 heavy (non-hydrogen) atoms. The van der Waals surface area contributed by atoms with E-state index in [-0.39, 0.29) is 46.4 Å². The van der Waals surface area contributed by atoms with Crippen molar-refractivity contribution < 1.29 is 23.5 Å². The Labute approximate surface area is 270 Å². The lowest BCUT2D eigenvalue weighted by Crippen LogP contribution is -2.50. The van der Waals surface area contributed by atoms with Crippen LogP contribution in [0.3, 0.4) is 0 Å². The summed E-state index contributed by atoms with van der Waals surface area (Å²) >= 11 is 0. The van der Waals surface area contributed by atoms with Gasteiger partial charge in [0, 0.05) is 49.8 Å². The number of carbonyl (C=O) groups is 3. The van der Waals surface area contributed by atoms with E-state index in [1.165, 1.54) is 30.0 Å². The molecule has 3 amide bonds. The van der Waals surface area contributed by atoms with Crippen LogP contribution in [0.1, 0.15) is 46.7 Å². The second-order valence-electron chi connectivity index (χ2n) is 13.1. The van der Waals surface area contributed by atoms with Crippen LogP contribution in [0, 0.1) is 11.7 Å². The molecule has 3 heterocycles. The topological polar surface area (TPSA) is 147 Å². The molecule has 0 unspecified atom stereocenters. The zero-order valence-corrected chi connectivity index (χ0v) is 27.4. The van der Waals surface area contributed by atoms with Gasteiger partial charge < -0.3 is 30.5 Å². The standard InChI is InChI=1S/C29H39B3FN9O4/c1-40(2)17-7-9-42(10-8-17)28(45)22-13-19(39-41(22)3)18-11-16(33)12-21(25(18)46-4)34-20-14-23(35-26(43)15-5-6-15)37-38-24(20)27(44)36-29(30,31)32/h11-15,17H,5-10,30-32H2,1-4H3,(H,36,44)(H2,34,35,37,43). The molecular weight excluding hydrogens is 590 g/mol. The summed E-state index contributed by atoms with van der Waals surface area (Å²) in [4.78, 5) is 43.1. The smallest absolute Gasteiger partial charge is 0.272 e. The largest absolute Gasteiger partial charge is 0.494 e. The number of amides is 3. The predicted molar refractivity (Wildman–Crippen MR) is 180 cm³/mol. The summed E-state index contributed by atoms with van der Waals surface area (Å²) in [5.74, 6) is -1.15. The van der Waals surface area contributed by atoms with Crippen LogP contribution in [0.5, 0.6) is 5.75 Å². The van der Waals surface area contributed by atoms with Crippen molar-refractivity contribution in [2.24, 2.45) is 13.0 Å². The van der Waals surface area contributed by atoms with Crippen LogP contribution in [-0.2, 0) is 11.8 Å². The Hall–Kier alpha value is -4.40. The Kier molecular flexibility index (Phi) is 9.43. The Bertz CT molecular complexity index is 1650. The summed E-state index contributed by atoms with van der Waals surface area (Å²) in [6, 6.07) is 6.03. The molecule has 0 bridgehead atoms. The number of carbonyl (C=O) groups excluding carboxylic acids is 3. The number of hydrogen-bond donors (Lipinski definition) is 3. The van der Waals surface area contributed by atoms with Crippen molar-refractivity contribution in [2.45, 2.75) is 37.0 Å². The zero-order valence-electron chi connectivity index (χ0n) is 27.4. The van der Waals surface area contributed by atoms with Gasteiger partial charge in [-0.3, -0.25) is 19.1 Å². The number of aromatic nitrogens is 4. The third kappa shape index (κ3) is 7.52. The molecular formula is C29H39B3FN9O4. The number of methoxy groups -OCH3 is 1. The van der Waals surface area contributed by atoms with E-state index >= 15 is 4.39 Å². The summed E-state index contributed by atoms with van der Waals surface area (Å²) < 4.78 is 22.5. The van der Waals surface area contributed by atoms with Gasteiger partial charge in [-0.1, -0.05) is 0 Å². The molecule has 13 nitrogen and oxygen atoms in total. The molecule has 3 aromatic rings. The van der Waals surface area contributed by atoms with Crippen LogP contribution in [-0.4, -0.2) is 117 Å². The van der Waals surface area contributed by atoms with Gasteiger partial charge in [0.2, 0.25) is 5.91 Å². The fourth-order valence-electron chi connectivity index (χ4n) is 5.48. The number of piperidine rings is 1. The quantitative estimate of drug-likeness (QED) is 0.254. The number of benzene rings is 1. The van der Waals surface area contributed by atoms with Gasteiger partial charge in [0.05, 0.1) is 24.2 Å². The molecule has 2 fully saturated rings. The lowest BCUT2D eigenvalue weighted by Gasteiger charge is -2.35. The van der Waals surface area contributed by atoms with Gasteiger partial charge in [-0.2, -0.15) is 5.10 Å². The van der Waals surface area contributed by atoms with Crippen molar-refractivity contribution in [3.05, 3.63) is 41.5 Å². The molecule has 0 spiro atoms. The highest BCUT2D eigenvalue weighted by Crippen LogP contribution is 2.39. The number of likely N-dealkylation sites (tertiary alicyclic amines) is 1. The Balaban J connectivity index is 1.48. The van der Waals surface area contributed by atoms with Gasteiger partial charge in [-0.15, -0.1) is 10.2 Å². The van der Waals surface area contributed by atoms with E-state index in [1.54, 1.807) is 13.1 Å². The van der Waals surface area contributed by atoms with Gasteiger partial charge in [0.1, 0.15) is 35.0 Å². The molecule has 1 aliphatic heterocycles. The molecule has 240 valence electrons. The minimum atomic E-state index is -0.604. The minimum Gasteiger partial charge on any atom is -0.494 e. The van der Waals surface area contributed by atoms with Crippen LogP contribution < -0.4 is 20.7 Å². The average molecular weight is 629 g/mol. The Morgan fingerprint density at radius 2 is 1.72 bits per heavy atom. The molecule has 1 aromatic carbocycles. The van der Waals surface area contributed by atoms with Gasteiger partial charge >= 0.3 is 0 Å². The number of nitrogens with zero attached hydrogens (tertiary/aromatic N) is 6. The molecule has 1 aliphatic carbocycles. The van der Waals surface area contributed by atoms with E-state index in [1.807, 2.05) is 42.5 Å². The van der Waals surface area contributed by atoms with Crippen molar-refractivity contribution in [1.82, 2.24) is 35.1 Å². The SMILES string of the molecule is BC(B)(B)NC(=O)c1nnc(NC(=O)C2CC2)cc1Nc1cc(F)cc(-c2cc(C(=O)N3CCC(N(C)C)CC3)n(C)n2)c1OC. The maximum atomic E-state index is 15.2. The Morgan fingerprint density at radius 1 is 1.02 bits per heavy atom. The summed E-state index contributed by atoms with van der Waals surface area (Å²) in [5.41, 5.74) is 1.31. The zero-order chi connectivity index (χ0) is 33.3. The van der Waals surface area contributed by atoms with E-state index in [9.17, 15) is 14.4 Å². The maximum Gasteiger partial charge on any atom is 0.272 e. The molecule has 1 saturated heterocycles. The Morgan fingerprint density at radius 3 is 2.33 bits per heavy atom. The van der Waals surface area contributed by atoms with Gasteiger partial charge in [-0.25, -0.2) is 4.39 Å². The van der Waals surface area contributed by atoms with Crippen molar-refractivity contribution in [3.63, 3.8) is 0 Å². The molecule has 0 atom stereocenters. The lowest BCUT2D eigenvalue weighted by molar-refractivity contribution is -0.117. The number of rotatable bonds is 10. The summed E-state index contributed by atoms with van der Waals surface area (Å²) in [6.45, 7) is 1.27. The van der Waals surface area contributed by atoms with Crippen LogP contribution in [0.2, 0.25) is 0 Å². The third-order valence-electron chi connectivity index (χ3n) is 8.08. The molecule has 1 saturated carbocycles. The first-order valence-corrected chi connectivity index (χ1v) is 15.4. The molecule has 2 aliphatic rings. The average Bonchev–Trinajstić information content (AvgIpc) is 3.77. The monoisotopic (exact) mass is 629 g/mol. The van der Waals surface area contributed by atoms with Crippen LogP contribution >= 0.6 is 0 Å². The summed E-state index contributed by atoms with van der Waals surface area (Å²) in [6.07, 6.45) is 3.36. The second-order valence-corrected chi connectivity index (χ2v) is 13.1. The molecule has 3 N–H and O–H groups in total. The van der Waals surface area contributed by atoms with Crippen molar-refractivity contribution >= 4 is 58.5 Å². The van der Waals surface area contributed by atoms with Crippen LogP contribution in [0.25, 0.3) is 11.3 Å². The van der Waals surface area contributed by atoms with Crippen LogP contribution in [0.4, 0.5) is 21.6 Å². The fourth-order valence-corrected chi connectivity index (χ4v) is 5.48. The lowest BCUT2D eigenvalue weighted by atomic mass is 9.49. The summed E-state index contributed by atoms with van der Waals surface area (Å²) in [5, 5.41) is 20.8. The van der Waals surface area contributed by atoms with Crippen molar-refractivity contribution in [2.75, 3.05) is 44.9 Å². The number of aryl methyl sites for hydroxylation is 1. The van der Waals surface area contributed by atoms with E-state index in [0.29, 0.717) is 36.1 Å². The normalized spacial score (nSPS) is 15.5. The van der Waals surface area contributed by atoms with Crippen molar-refractivity contribution in [1.29, 1.82) is 0 Å². The van der Waals surface area contributed by atoms with Gasteiger partial charge in [0.25, 0.3) is 11.8 Å². The molecule has 0 radical (unpaired) electrons. The highest BCUT2D eigenvalue weighted by Gasteiger charge is 2.31. The maximum absolute atomic E-state index is 15.2. The minimum absolute atomic E-state index is 0.0593. The first-order valence-electron chi connectivity index (χ1n) is 15.4. The fraction of sp³-hybridized carbons (Fsp3) is 0.448. The number of ether oxygens (including phenoxy) is 1. The van der Waals surface area contributed by atoms with E-state index < -0.39 is 17.0 Å². The van der Waals surface area contributed by atoms with Gasteiger partial charge in [-0.05, 0) is 57.1 Å². The van der Waals surface area contributed by atoms with Crippen LogP contribution in [0.15, 0.2) is 24.3 Å². The second kappa shape index (κ2) is 13.1. The van der Waals surface area contributed by atoms with Gasteiger partial charge in [0.15, 0.2) is 17.3 Å². The molecule has 5 rings (SSSR count). The number of hydrogen-bond acceptors (Lipinski definition) is 9. The highest BCUT2D eigenvalue weighted by molar-refractivity contribution is 6.60. The first kappa shape index (κ1) is 33.0. The first-order chi connectivity index (χ1) is 21.7.